The van der Waals surface area contributed by atoms with Crippen molar-refractivity contribution in [2.24, 2.45) is 10.7 Å². The van der Waals surface area contributed by atoms with Crippen LogP contribution in [0.15, 0.2) is 64.1 Å². The van der Waals surface area contributed by atoms with Crippen molar-refractivity contribution in [3.05, 3.63) is 71.7 Å². The number of nitrogens with two attached hydrogens (primary N) is 1. The number of aromatic nitrogens is 1. The summed E-state index contributed by atoms with van der Waals surface area (Å²) in [6.07, 6.45) is -0.871. The molecule has 1 aromatic heterocycles. The van der Waals surface area contributed by atoms with E-state index in [2.05, 4.69) is 10.1 Å². The van der Waals surface area contributed by atoms with E-state index in [0.29, 0.717) is 16.8 Å². The van der Waals surface area contributed by atoms with Gasteiger partial charge in [-0.3, -0.25) is 4.84 Å². The molecule has 2 aromatic carbocycles. The minimum Gasteiger partial charge on any atom is -0.442 e. The number of carbonyl (C=O) groups excluding carboxylic acids is 1. The van der Waals surface area contributed by atoms with Crippen molar-refractivity contribution >= 4 is 17.9 Å². The van der Waals surface area contributed by atoms with Gasteiger partial charge in [0.25, 0.3) is 5.88 Å². The Morgan fingerprint density at radius 1 is 1.18 bits per heavy atom. The zero-order valence-electron chi connectivity index (χ0n) is 19.2. The summed E-state index contributed by atoms with van der Waals surface area (Å²) < 4.78 is 25.3. The quantitative estimate of drug-likeness (QED) is 0.319. The molecule has 1 unspecified atom stereocenters. The lowest BCUT2D eigenvalue weighted by molar-refractivity contribution is 0.0601. The van der Waals surface area contributed by atoms with Gasteiger partial charge in [0.15, 0.2) is 0 Å². The van der Waals surface area contributed by atoms with Gasteiger partial charge >= 0.3 is 6.09 Å². The fraction of sp³-hybridized carbons (Fsp3) is 0.292. The number of hydroxylamine groups is 1. The monoisotopic (exact) mass is 454 g/mol. The lowest BCUT2D eigenvalue weighted by Gasteiger charge is -2.19. The Bertz CT molecular complexity index is 1140. The van der Waals surface area contributed by atoms with Crippen LogP contribution in [0.5, 0.6) is 0 Å². The number of guanidine groups is 1. The summed E-state index contributed by atoms with van der Waals surface area (Å²) in [6, 6.07) is 16.0. The van der Waals surface area contributed by atoms with E-state index in [1.165, 1.54) is 13.2 Å². The second-order valence-electron chi connectivity index (χ2n) is 8.34. The van der Waals surface area contributed by atoms with Crippen molar-refractivity contribution in [3.8, 4) is 11.1 Å². The Kier molecular flexibility index (Phi) is 7.13. The number of nitrogens with zero attached hydrogens (tertiary/aromatic N) is 3. The third-order valence-corrected chi connectivity index (χ3v) is 4.73. The number of hydrogen-bond acceptors (Lipinski definition) is 5. The molecular weight excluding hydrogens is 427 g/mol. The lowest BCUT2D eigenvalue weighted by atomic mass is 9.95. The van der Waals surface area contributed by atoms with Crippen LogP contribution in [0.3, 0.4) is 0 Å². The van der Waals surface area contributed by atoms with E-state index < -0.39 is 11.7 Å². The molecule has 0 aliphatic carbocycles. The number of amides is 1. The van der Waals surface area contributed by atoms with Gasteiger partial charge in [-0.05, 0) is 38.0 Å². The van der Waals surface area contributed by atoms with E-state index in [1.54, 1.807) is 32.9 Å². The van der Waals surface area contributed by atoms with E-state index in [1.807, 2.05) is 43.3 Å². The normalized spacial score (nSPS) is 13.0. The Balaban J connectivity index is 1.80. The molecule has 3 aromatic rings. The van der Waals surface area contributed by atoms with Crippen LogP contribution in [0.1, 0.15) is 44.9 Å². The Morgan fingerprint density at radius 3 is 2.48 bits per heavy atom. The summed E-state index contributed by atoms with van der Waals surface area (Å²) in [5.74, 6) is -0.808. The van der Waals surface area contributed by atoms with Gasteiger partial charge in [-0.25, -0.2) is 9.18 Å². The molecule has 8 nitrogen and oxygen atoms in total. The molecule has 33 heavy (non-hydrogen) atoms. The highest BCUT2D eigenvalue weighted by Gasteiger charge is 2.23. The fourth-order valence-corrected chi connectivity index (χ4v) is 3.12. The van der Waals surface area contributed by atoms with Crippen LogP contribution in [0.2, 0.25) is 0 Å². The summed E-state index contributed by atoms with van der Waals surface area (Å²) in [5.41, 5.74) is 7.71. The molecule has 2 N–H and O–H groups in total. The minimum absolute atomic E-state index is 0.102. The second-order valence-corrected chi connectivity index (χ2v) is 8.34. The third-order valence-electron chi connectivity index (χ3n) is 4.73. The molecule has 0 aliphatic heterocycles. The van der Waals surface area contributed by atoms with Crippen molar-refractivity contribution in [2.75, 3.05) is 12.2 Å². The van der Waals surface area contributed by atoms with Crippen LogP contribution in [0.4, 0.5) is 15.1 Å². The van der Waals surface area contributed by atoms with Gasteiger partial charge in [0.2, 0.25) is 5.96 Å². The highest BCUT2D eigenvalue weighted by Crippen LogP contribution is 2.30. The molecule has 0 bridgehead atoms. The summed E-state index contributed by atoms with van der Waals surface area (Å²) >= 11 is 0. The zero-order valence-corrected chi connectivity index (χ0v) is 19.2. The first-order valence-corrected chi connectivity index (χ1v) is 10.3. The lowest BCUT2D eigenvalue weighted by Crippen LogP contribution is -2.37. The maximum absolute atomic E-state index is 14.8. The number of halogens is 1. The largest absolute Gasteiger partial charge is 0.442 e. The van der Waals surface area contributed by atoms with Gasteiger partial charge in [-0.2, -0.15) is 5.06 Å². The average molecular weight is 455 g/mol. The van der Waals surface area contributed by atoms with Gasteiger partial charge in [-0.1, -0.05) is 54.5 Å². The number of benzene rings is 2. The molecule has 0 fully saturated rings. The molecule has 174 valence electrons. The first-order valence-electron chi connectivity index (χ1n) is 10.3. The van der Waals surface area contributed by atoms with Crippen molar-refractivity contribution in [3.63, 3.8) is 0 Å². The first kappa shape index (κ1) is 23.9. The van der Waals surface area contributed by atoms with Gasteiger partial charge in [0.1, 0.15) is 11.4 Å². The highest BCUT2D eigenvalue weighted by molar-refractivity contribution is 5.98. The van der Waals surface area contributed by atoms with Gasteiger partial charge < -0.3 is 15.0 Å². The molecule has 3 rings (SSSR count). The van der Waals surface area contributed by atoms with E-state index in [-0.39, 0.29) is 23.6 Å². The predicted molar refractivity (Wildman–Crippen MR) is 123 cm³/mol. The third kappa shape index (κ3) is 5.95. The predicted octanol–water partition coefficient (Wildman–Crippen LogP) is 5.25. The van der Waals surface area contributed by atoms with Gasteiger partial charge in [-0.15, -0.1) is 4.99 Å². The topological polar surface area (TPSA) is 103 Å². The second kappa shape index (κ2) is 9.83. The summed E-state index contributed by atoms with van der Waals surface area (Å²) in [4.78, 5) is 20.8. The summed E-state index contributed by atoms with van der Waals surface area (Å²) in [7, 11) is 1.33. The Labute approximate surface area is 191 Å². The molecule has 0 saturated carbocycles. The van der Waals surface area contributed by atoms with Crippen LogP contribution in [0.25, 0.3) is 11.1 Å². The van der Waals surface area contributed by atoms with Crippen LogP contribution in [-0.2, 0) is 9.57 Å². The molecule has 1 heterocycles. The molecule has 9 heteroatoms. The average Bonchev–Trinajstić information content (AvgIpc) is 3.22. The minimum atomic E-state index is -0.871. The SMILES string of the molecule is CON(C(N)=NC(=O)OC(C)(C)C)c1cc(C(C)c2ccc(-c3ccccc3)c(F)c2)no1. The maximum atomic E-state index is 14.8. The number of hydrogen-bond donors (Lipinski definition) is 1. The summed E-state index contributed by atoms with van der Waals surface area (Å²) in [6.45, 7) is 7.01. The smallest absolute Gasteiger partial charge is 0.437 e. The molecule has 1 atom stereocenters. The van der Waals surface area contributed by atoms with E-state index in [0.717, 1.165) is 10.6 Å². The maximum Gasteiger partial charge on any atom is 0.437 e. The summed E-state index contributed by atoms with van der Waals surface area (Å²) in [5, 5.41) is 5.05. The van der Waals surface area contributed by atoms with E-state index >= 15 is 0 Å². The van der Waals surface area contributed by atoms with Crippen molar-refractivity contribution in [1.82, 2.24) is 5.16 Å². The molecule has 1 amide bonds. The van der Waals surface area contributed by atoms with Crippen LogP contribution in [-0.4, -0.2) is 29.9 Å². The highest BCUT2D eigenvalue weighted by atomic mass is 19.1. The van der Waals surface area contributed by atoms with Crippen LogP contribution < -0.4 is 10.8 Å². The number of carbonyl (C=O) groups is 1. The number of anilines is 1. The standard InChI is InChI=1S/C24H27FN4O4/c1-15(17-11-12-18(19(25)13-17)16-9-7-6-8-10-16)20-14-21(33-28-20)29(31-5)22(26)27-23(30)32-24(2,3)4/h6-15H,1-5H3,(H2,26,27,30). The van der Waals surface area contributed by atoms with Crippen LogP contribution >= 0.6 is 0 Å². The van der Waals surface area contributed by atoms with Crippen molar-refractivity contribution in [1.29, 1.82) is 0 Å². The van der Waals surface area contributed by atoms with Crippen molar-refractivity contribution in [2.45, 2.75) is 39.2 Å². The Hall–Kier alpha value is -3.72. The van der Waals surface area contributed by atoms with E-state index in [9.17, 15) is 9.18 Å². The van der Waals surface area contributed by atoms with Crippen LogP contribution in [0, 0.1) is 5.82 Å². The fourth-order valence-electron chi connectivity index (χ4n) is 3.12. The van der Waals surface area contributed by atoms with Crippen molar-refractivity contribution < 1.29 is 23.3 Å². The molecular formula is C24H27FN4O4. The molecule has 0 spiro atoms. The molecule has 0 aliphatic rings. The number of aliphatic imine (C=N–C) groups is 1. The molecule has 0 saturated heterocycles. The number of rotatable bonds is 5. The molecule has 0 radical (unpaired) electrons. The Morgan fingerprint density at radius 2 is 1.88 bits per heavy atom. The van der Waals surface area contributed by atoms with Gasteiger partial charge in [0, 0.05) is 17.5 Å². The zero-order chi connectivity index (χ0) is 24.2. The first-order chi connectivity index (χ1) is 15.6. The van der Waals surface area contributed by atoms with Gasteiger partial charge in [0.05, 0.1) is 12.8 Å². The van der Waals surface area contributed by atoms with E-state index in [4.69, 9.17) is 19.8 Å². The number of ether oxygens (including phenoxy) is 1.